The van der Waals surface area contributed by atoms with Gasteiger partial charge in [-0.15, -0.1) is 0 Å². The first-order chi connectivity index (χ1) is 7.54. The second-order valence-corrected chi connectivity index (χ2v) is 3.54. The van der Waals surface area contributed by atoms with Crippen molar-refractivity contribution in [2.45, 2.75) is 13.0 Å². The lowest BCUT2D eigenvalue weighted by atomic mass is 10.0. The summed E-state index contributed by atoms with van der Waals surface area (Å²) in [5, 5.41) is 19.2. The van der Waals surface area contributed by atoms with Gasteiger partial charge in [0.15, 0.2) is 5.96 Å². The maximum absolute atomic E-state index is 10.7. The average molecular weight is 221 g/mol. The second kappa shape index (κ2) is 5.27. The fraction of sp³-hybridized carbons (Fsp3) is 0.273. The molecule has 1 rings (SSSR count). The monoisotopic (exact) mass is 221 g/mol. The van der Waals surface area contributed by atoms with Crippen molar-refractivity contribution in [1.29, 1.82) is 5.41 Å². The Morgan fingerprint density at radius 3 is 2.94 bits per heavy atom. The van der Waals surface area contributed by atoms with Gasteiger partial charge in [-0.2, -0.15) is 0 Å². The van der Waals surface area contributed by atoms with Crippen LogP contribution in [0.4, 0.5) is 0 Å². The van der Waals surface area contributed by atoms with E-state index in [9.17, 15) is 9.90 Å². The third-order valence-electron chi connectivity index (χ3n) is 2.30. The number of aryl methyl sites for hydroxylation is 1. The van der Waals surface area contributed by atoms with E-state index < -0.39 is 6.10 Å². The van der Waals surface area contributed by atoms with Crippen molar-refractivity contribution in [3.8, 4) is 0 Å². The minimum Gasteiger partial charge on any atom is -0.387 e. The first-order valence-electron chi connectivity index (χ1n) is 4.86. The third-order valence-corrected chi connectivity index (χ3v) is 2.30. The van der Waals surface area contributed by atoms with Gasteiger partial charge in [-0.3, -0.25) is 10.2 Å². The summed E-state index contributed by atoms with van der Waals surface area (Å²) in [6.45, 7) is 1.98. The van der Waals surface area contributed by atoms with Gasteiger partial charge in [-0.05, 0) is 24.1 Å². The highest BCUT2D eigenvalue weighted by Gasteiger charge is 2.09. The van der Waals surface area contributed by atoms with E-state index in [0.29, 0.717) is 11.1 Å². The van der Waals surface area contributed by atoms with Crippen LogP contribution in [0, 0.1) is 12.3 Å². The van der Waals surface area contributed by atoms with E-state index in [1.807, 2.05) is 6.92 Å². The van der Waals surface area contributed by atoms with E-state index in [1.165, 1.54) is 0 Å². The summed E-state index contributed by atoms with van der Waals surface area (Å²) in [5.41, 5.74) is 7.15. The highest BCUT2D eigenvalue weighted by atomic mass is 16.3. The summed E-state index contributed by atoms with van der Waals surface area (Å²) >= 11 is 0. The quantitative estimate of drug-likeness (QED) is 0.334. The lowest BCUT2D eigenvalue weighted by Crippen LogP contribution is -2.33. The molecule has 0 aliphatic heterocycles. The van der Waals surface area contributed by atoms with E-state index in [0.717, 1.165) is 11.8 Å². The zero-order valence-corrected chi connectivity index (χ0v) is 9.03. The first-order valence-corrected chi connectivity index (χ1v) is 4.86. The van der Waals surface area contributed by atoms with Crippen LogP contribution in [0.2, 0.25) is 0 Å². The molecule has 16 heavy (non-hydrogen) atoms. The molecule has 1 aromatic carbocycles. The molecule has 0 spiro atoms. The summed E-state index contributed by atoms with van der Waals surface area (Å²) in [6, 6.07) is 5.15. The zero-order valence-electron chi connectivity index (χ0n) is 9.03. The Labute approximate surface area is 93.8 Å². The van der Waals surface area contributed by atoms with E-state index in [1.54, 1.807) is 18.2 Å². The van der Waals surface area contributed by atoms with Gasteiger partial charge in [0, 0.05) is 12.1 Å². The molecule has 1 unspecified atom stereocenters. The molecular formula is C11H15N3O2. The van der Waals surface area contributed by atoms with Crippen LogP contribution in [0.1, 0.15) is 27.6 Å². The maximum Gasteiger partial charge on any atom is 0.185 e. The van der Waals surface area contributed by atoms with Gasteiger partial charge in [-0.1, -0.05) is 12.1 Å². The van der Waals surface area contributed by atoms with E-state index in [4.69, 9.17) is 11.1 Å². The van der Waals surface area contributed by atoms with Crippen LogP contribution in [0.25, 0.3) is 0 Å². The van der Waals surface area contributed by atoms with Gasteiger partial charge < -0.3 is 16.2 Å². The number of nitrogens with one attached hydrogen (secondary N) is 2. The van der Waals surface area contributed by atoms with Crippen molar-refractivity contribution in [3.63, 3.8) is 0 Å². The smallest absolute Gasteiger partial charge is 0.185 e. The first kappa shape index (κ1) is 12.2. The predicted molar refractivity (Wildman–Crippen MR) is 61.4 cm³/mol. The molecule has 0 bridgehead atoms. The summed E-state index contributed by atoms with van der Waals surface area (Å²) < 4.78 is 0. The minimum absolute atomic E-state index is 0.149. The summed E-state index contributed by atoms with van der Waals surface area (Å²) in [4.78, 5) is 10.7. The predicted octanol–water partition coefficient (Wildman–Crippen LogP) is 0.324. The molecule has 5 N–H and O–H groups in total. The number of hydrogen-bond acceptors (Lipinski definition) is 3. The molecule has 5 nitrogen and oxygen atoms in total. The topological polar surface area (TPSA) is 99.2 Å². The molecule has 0 fully saturated rings. The molecule has 0 radical (unpaired) electrons. The second-order valence-electron chi connectivity index (χ2n) is 3.54. The van der Waals surface area contributed by atoms with Crippen molar-refractivity contribution in [2.75, 3.05) is 6.54 Å². The van der Waals surface area contributed by atoms with Crippen LogP contribution in [0.15, 0.2) is 18.2 Å². The van der Waals surface area contributed by atoms with Gasteiger partial charge in [0.25, 0.3) is 0 Å². The molecule has 1 aromatic rings. The molecule has 0 amide bonds. The normalized spacial score (nSPS) is 11.9. The van der Waals surface area contributed by atoms with Gasteiger partial charge in [-0.25, -0.2) is 0 Å². The number of carbonyl (C=O) groups is 1. The maximum atomic E-state index is 10.7. The molecule has 0 heterocycles. The van der Waals surface area contributed by atoms with E-state index in [2.05, 4.69) is 5.32 Å². The van der Waals surface area contributed by atoms with Gasteiger partial charge in [0.05, 0.1) is 6.10 Å². The van der Waals surface area contributed by atoms with Crippen molar-refractivity contribution in [1.82, 2.24) is 5.32 Å². The number of hydrogen-bond donors (Lipinski definition) is 4. The van der Waals surface area contributed by atoms with Gasteiger partial charge >= 0.3 is 0 Å². The highest BCUT2D eigenvalue weighted by Crippen LogP contribution is 2.15. The number of aliphatic hydroxyl groups excluding tert-OH is 1. The number of benzene rings is 1. The number of carbonyl (C=O) groups excluding carboxylic acids is 1. The highest BCUT2D eigenvalue weighted by molar-refractivity contribution is 5.77. The van der Waals surface area contributed by atoms with Crippen LogP contribution in [0.5, 0.6) is 0 Å². The molecule has 0 aromatic heterocycles. The lowest BCUT2D eigenvalue weighted by Gasteiger charge is -2.13. The summed E-state index contributed by atoms with van der Waals surface area (Å²) in [7, 11) is 0. The zero-order chi connectivity index (χ0) is 12.1. The van der Waals surface area contributed by atoms with Gasteiger partial charge in [0.1, 0.15) is 6.29 Å². The molecule has 5 heteroatoms. The molecule has 0 aliphatic carbocycles. The molecule has 0 saturated carbocycles. The lowest BCUT2D eigenvalue weighted by molar-refractivity contribution is 0.112. The van der Waals surface area contributed by atoms with Crippen LogP contribution in [-0.2, 0) is 0 Å². The number of guanidine groups is 1. The van der Waals surface area contributed by atoms with Gasteiger partial charge in [0.2, 0.25) is 0 Å². The fourth-order valence-corrected chi connectivity index (χ4v) is 1.32. The van der Waals surface area contributed by atoms with Crippen LogP contribution in [-0.4, -0.2) is 23.9 Å². The van der Waals surface area contributed by atoms with Crippen molar-refractivity contribution >= 4 is 12.2 Å². The van der Waals surface area contributed by atoms with E-state index in [-0.39, 0.29) is 12.5 Å². The van der Waals surface area contributed by atoms with Crippen LogP contribution in [0.3, 0.4) is 0 Å². The number of nitrogens with two attached hydrogens (primary N) is 1. The molecule has 86 valence electrons. The molecule has 1 atom stereocenters. The Balaban J connectivity index is 2.79. The Morgan fingerprint density at radius 1 is 1.69 bits per heavy atom. The number of aliphatic hydroxyl groups is 1. The summed E-state index contributed by atoms with van der Waals surface area (Å²) in [5.74, 6) is -0.193. The average Bonchev–Trinajstić information content (AvgIpc) is 2.26. The minimum atomic E-state index is -0.789. The fourth-order valence-electron chi connectivity index (χ4n) is 1.32. The summed E-state index contributed by atoms with van der Waals surface area (Å²) in [6.07, 6.45) is -0.0348. The van der Waals surface area contributed by atoms with Crippen molar-refractivity contribution in [3.05, 3.63) is 34.9 Å². The molecule has 0 aliphatic rings. The molecule has 0 saturated heterocycles. The van der Waals surface area contributed by atoms with Crippen LogP contribution >= 0.6 is 0 Å². The molecular weight excluding hydrogens is 206 g/mol. The number of rotatable bonds is 4. The standard InChI is InChI=1S/C11H15N3O2/c1-7-2-3-8(4-9(7)6-15)10(16)5-14-11(12)13/h2-4,6,10,16H,5H2,1H3,(H4,12,13,14). The Bertz CT molecular complexity index is 404. The van der Waals surface area contributed by atoms with E-state index >= 15 is 0 Å². The third kappa shape index (κ3) is 3.06. The Kier molecular flexibility index (Phi) is 4.02. The Hall–Kier alpha value is -1.88. The SMILES string of the molecule is Cc1ccc(C(O)CNC(=N)N)cc1C=O. The Morgan fingerprint density at radius 2 is 2.38 bits per heavy atom. The van der Waals surface area contributed by atoms with Crippen LogP contribution < -0.4 is 11.1 Å². The van der Waals surface area contributed by atoms with Crippen molar-refractivity contribution in [2.24, 2.45) is 5.73 Å². The van der Waals surface area contributed by atoms with Crippen molar-refractivity contribution < 1.29 is 9.90 Å². The largest absolute Gasteiger partial charge is 0.387 e. The number of aldehydes is 1.